The van der Waals surface area contributed by atoms with Crippen LogP contribution in [0.1, 0.15) is 0 Å². The molecular formula is C14H12N4O3. The SMILES string of the molecule is COc1cccn2c(N)c(-c3ccc([N+](=O)[O-])cc3)nc12. The number of nitrogen functional groups attached to an aromatic ring is 1. The Bertz CT molecular complexity index is 824. The van der Waals surface area contributed by atoms with Gasteiger partial charge in [0.2, 0.25) is 0 Å². The smallest absolute Gasteiger partial charge is 0.269 e. The molecule has 0 saturated carbocycles. The van der Waals surface area contributed by atoms with Crippen LogP contribution >= 0.6 is 0 Å². The van der Waals surface area contributed by atoms with Crippen molar-refractivity contribution >= 4 is 17.2 Å². The predicted octanol–water partition coefficient (Wildman–Crippen LogP) is 2.50. The van der Waals surface area contributed by atoms with Gasteiger partial charge in [-0.2, -0.15) is 0 Å². The maximum absolute atomic E-state index is 10.7. The molecule has 21 heavy (non-hydrogen) atoms. The Balaban J connectivity index is 2.16. The molecule has 2 heterocycles. The number of imidazole rings is 1. The van der Waals surface area contributed by atoms with Crippen molar-refractivity contribution in [2.24, 2.45) is 0 Å². The van der Waals surface area contributed by atoms with E-state index in [0.29, 0.717) is 28.5 Å². The maximum atomic E-state index is 10.7. The van der Waals surface area contributed by atoms with Crippen LogP contribution in [-0.2, 0) is 0 Å². The van der Waals surface area contributed by atoms with Gasteiger partial charge in [0.05, 0.1) is 12.0 Å². The van der Waals surface area contributed by atoms with E-state index in [1.807, 2.05) is 6.07 Å². The first-order chi connectivity index (χ1) is 10.1. The number of fused-ring (bicyclic) bond motifs is 1. The average Bonchev–Trinajstić information content (AvgIpc) is 2.85. The number of nitrogens with zero attached hydrogens (tertiary/aromatic N) is 3. The normalized spacial score (nSPS) is 10.7. The highest BCUT2D eigenvalue weighted by Gasteiger charge is 2.15. The molecule has 1 aromatic carbocycles. The standard InChI is InChI=1S/C14H12N4O3/c1-21-11-3-2-8-17-13(15)12(16-14(11)17)9-4-6-10(7-5-9)18(19)20/h2-8H,15H2,1H3. The first-order valence-corrected chi connectivity index (χ1v) is 6.17. The number of hydrogen-bond acceptors (Lipinski definition) is 5. The molecule has 0 saturated heterocycles. The molecule has 0 aliphatic rings. The summed E-state index contributed by atoms with van der Waals surface area (Å²) in [7, 11) is 1.56. The molecule has 0 aliphatic heterocycles. The third-order valence-corrected chi connectivity index (χ3v) is 3.22. The highest BCUT2D eigenvalue weighted by atomic mass is 16.6. The van der Waals surface area contributed by atoms with Crippen LogP contribution in [-0.4, -0.2) is 21.4 Å². The fraction of sp³-hybridized carbons (Fsp3) is 0.0714. The van der Waals surface area contributed by atoms with E-state index in [0.717, 1.165) is 0 Å². The number of hydrogen-bond donors (Lipinski definition) is 1. The van der Waals surface area contributed by atoms with Gasteiger partial charge >= 0.3 is 0 Å². The van der Waals surface area contributed by atoms with Gasteiger partial charge in [0.15, 0.2) is 11.4 Å². The Kier molecular flexibility index (Phi) is 2.94. The van der Waals surface area contributed by atoms with Gasteiger partial charge in [-0.15, -0.1) is 0 Å². The molecule has 3 aromatic rings. The predicted molar refractivity (Wildman–Crippen MR) is 78.2 cm³/mol. The zero-order valence-corrected chi connectivity index (χ0v) is 11.2. The van der Waals surface area contributed by atoms with Crippen molar-refractivity contribution < 1.29 is 9.66 Å². The van der Waals surface area contributed by atoms with E-state index < -0.39 is 4.92 Å². The minimum Gasteiger partial charge on any atom is -0.493 e. The zero-order chi connectivity index (χ0) is 15.0. The molecule has 0 unspecified atom stereocenters. The summed E-state index contributed by atoms with van der Waals surface area (Å²) in [5.41, 5.74) is 8.01. The van der Waals surface area contributed by atoms with Crippen LogP contribution in [0.4, 0.5) is 11.5 Å². The quantitative estimate of drug-likeness (QED) is 0.589. The Morgan fingerprint density at radius 2 is 2.00 bits per heavy atom. The van der Waals surface area contributed by atoms with Crippen molar-refractivity contribution in [1.82, 2.24) is 9.38 Å². The molecule has 2 aromatic heterocycles. The first-order valence-electron chi connectivity index (χ1n) is 6.17. The van der Waals surface area contributed by atoms with E-state index in [1.54, 1.807) is 35.9 Å². The fourth-order valence-corrected chi connectivity index (χ4v) is 2.17. The van der Waals surface area contributed by atoms with Crippen LogP contribution in [0.5, 0.6) is 5.75 Å². The third-order valence-electron chi connectivity index (χ3n) is 3.22. The van der Waals surface area contributed by atoms with Crippen molar-refractivity contribution in [3.8, 4) is 17.0 Å². The highest BCUT2D eigenvalue weighted by molar-refractivity contribution is 5.77. The number of nitrogens with two attached hydrogens (primary N) is 1. The topological polar surface area (TPSA) is 95.7 Å². The lowest BCUT2D eigenvalue weighted by Crippen LogP contribution is -1.95. The molecule has 0 radical (unpaired) electrons. The fourth-order valence-electron chi connectivity index (χ4n) is 2.17. The Labute approximate surface area is 119 Å². The number of nitro groups is 1. The summed E-state index contributed by atoms with van der Waals surface area (Å²) in [5.74, 6) is 1.06. The largest absolute Gasteiger partial charge is 0.493 e. The molecule has 0 bridgehead atoms. The number of pyridine rings is 1. The summed E-state index contributed by atoms with van der Waals surface area (Å²) in [6, 6.07) is 9.71. The maximum Gasteiger partial charge on any atom is 0.269 e. The molecular weight excluding hydrogens is 272 g/mol. The number of benzene rings is 1. The van der Waals surface area contributed by atoms with E-state index in [4.69, 9.17) is 10.5 Å². The van der Waals surface area contributed by atoms with Crippen LogP contribution in [0.25, 0.3) is 16.9 Å². The van der Waals surface area contributed by atoms with Gasteiger partial charge in [-0.05, 0) is 24.3 Å². The second-order valence-electron chi connectivity index (χ2n) is 4.42. The van der Waals surface area contributed by atoms with Crippen LogP contribution in [0, 0.1) is 10.1 Å². The van der Waals surface area contributed by atoms with Crippen LogP contribution < -0.4 is 10.5 Å². The molecule has 0 atom stereocenters. The van der Waals surface area contributed by atoms with Crippen molar-refractivity contribution in [3.05, 3.63) is 52.7 Å². The molecule has 7 heteroatoms. The first kappa shape index (κ1) is 12.9. The van der Waals surface area contributed by atoms with Gasteiger partial charge in [-0.3, -0.25) is 14.5 Å². The van der Waals surface area contributed by atoms with Gasteiger partial charge in [0.1, 0.15) is 11.5 Å². The van der Waals surface area contributed by atoms with Gasteiger partial charge in [-0.1, -0.05) is 0 Å². The zero-order valence-electron chi connectivity index (χ0n) is 11.2. The summed E-state index contributed by atoms with van der Waals surface area (Å²) >= 11 is 0. The van der Waals surface area contributed by atoms with Crippen LogP contribution in [0.2, 0.25) is 0 Å². The minimum absolute atomic E-state index is 0.0265. The Morgan fingerprint density at radius 3 is 2.62 bits per heavy atom. The number of rotatable bonds is 3. The third kappa shape index (κ3) is 2.04. The van der Waals surface area contributed by atoms with Gasteiger partial charge < -0.3 is 10.5 Å². The monoisotopic (exact) mass is 284 g/mol. The van der Waals surface area contributed by atoms with Crippen molar-refractivity contribution in [2.45, 2.75) is 0 Å². The van der Waals surface area contributed by atoms with E-state index in [9.17, 15) is 10.1 Å². The second-order valence-corrected chi connectivity index (χ2v) is 4.42. The summed E-state index contributed by atoms with van der Waals surface area (Å²) in [5, 5.41) is 10.7. The molecule has 0 spiro atoms. The molecule has 0 amide bonds. The van der Waals surface area contributed by atoms with E-state index in [-0.39, 0.29) is 5.69 Å². The van der Waals surface area contributed by atoms with E-state index >= 15 is 0 Å². The van der Waals surface area contributed by atoms with Crippen molar-refractivity contribution in [1.29, 1.82) is 0 Å². The molecule has 3 rings (SSSR count). The van der Waals surface area contributed by atoms with Gasteiger partial charge in [0, 0.05) is 23.9 Å². The lowest BCUT2D eigenvalue weighted by molar-refractivity contribution is -0.384. The van der Waals surface area contributed by atoms with E-state index in [1.165, 1.54) is 12.1 Å². The van der Waals surface area contributed by atoms with Gasteiger partial charge in [-0.25, -0.2) is 4.98 Å². The number of non-ortho nitro benzene ring substituents is 1. The Morgan fingerprint density at radius 1 is 1.29 bits per heavy atom. The molecule has 2 N–H and O–H groups in total. The van der Waals surface area contributed by atoms with Gasteiger partial charge in [0.25, 0.3) is 5.69 Å². The minimum atomic E-state index is -0.445. The number of ether oxygens (including phenoxy) is 1. The van der Waals surface area contributed by atoms with Crippen molar-refractivity contribution in [3.63, 3.8) is 0 Å². The van der Waals surface area contributed by atoms with Crippen LogP contribution in [0.15, 0.2) is 42.6 Å². The Hall–Kier alpha value is -3.09. The summed E-state index contributed by atoms with van der Waals surface area (Å²) in [4.78, 5) is 14.7. The lowest BCUT2D eigenvalue weighted by Gasteiger charge is -2.01. The van der Waals surface area contributed by atoms with E-state index in [2.05, 4.69) is 4.98 Å². The number of aromatic nitrogens is 2. The number of methoxy groups -OCH3 is 1. The summed E-state index contributed by atoms with van der Waals surface area (Å²) < 4.78 is 6.97. The number of nitro benzene ring substituents is 1. The average molecular weight is 284 g/mol. The lowest BCUT2D eigenvalue weighted by atomic mass is 10.1. The summed E-state index contributed by atoms with van der Waals surface area (Å²) in [6.07, 6.45) is 1.79. The second kappa shape index (κ2) is 4.78. The molecule has 7 nitrogen and oxygen atoms in total. The number of anilines is 1. The summed E-state index contributed by atoms with van der Waals surface area (Å²) in [6.45, 7) is 0. The van der Waals surface area contributed by atoms with Crippen LogP contribution in [0.3, 0.4) is 0 Å². The molecule has 0 aliphatic carbocycles. The van der Waals surface area contributed by atoms with Crippen molar-refractivity contribution in [2.75, 3.05) is 12.8 Å². The highest BCUT2D eigenvalue weighted by Crippen LogP contribution is 2.30. The molecule has 106 valence electrons. The molecule has 0 fully saturated rings.